The van der Waals surface area contributed by atoms with E-state index < -0.39 is 0 Å². The van der Waals surface area contributed by atoms with Crippen molar-refractivity contribution in [3.63, 3.8) is 0 Å². The molecule has 1 saturated heterocycles. The van der Waals surface area contributed by atoms with Gasteiger partial charge in [-0.1, -0.05) is 37.3 Å². The molecule has 1 fully saturated rings. The van der Waals surface area contributed by atoms with Crippen LogP contribution in [0.25, 0.3) is 0 Å². The zero-order valence-corrected chi connectivity index (χ0v) is 19.1. The summed E-state index contributed by atoms with van der Waals surface area (Å²) in [6.45, 7) is 6.51. The monoisotopic (exact) mass is 452 g/mol. The summed E-state index contributed by atoms with van der Waals surface area (Å²) in [7, 11) is 0. The largest absolute Gasteiger partial charge is 0.430 e. The third-order valence-corrected chi connectivity index (χ3v) is 5.84. The second-order valence-corrected chi connectivity index (χ2v) is 8.42. The van der Waals surface area contributed by atoms with E-state index in [2.05, 4.69) is 31.7 Å². The molecule has 0 radical (unpaired) electrons. The number of morpholine rings is 1. The first-order valence-electron chi connectivity index (χ1n) is 11.0. The number of aromatic nitrogens is 2. The molecule has 7 nitrogen and oxygen atoms in total. The fourth-order valence-corrected chi connectivity index (χ4v) is 4.07. The summed E-state index contributed by atoms with van der Waals surface area (Å²) in [6.07, 6.45) is 1.56. The number of amides is 1. The van der Waals surface area contributed by atoms with Crippen LogP contribution in [0.15, 0.2) is 48.5 Å². The molecule has 1 aromatic heterocycles. The number of ether oxygens (including phenoxy) is 2. The number of carbonyl (C=O) groups is 1. The van der Waals surface area contributed by atoms with Gasteiger partial charge in [-0.3, -0.25) is 9.69 Å². The molecule has 0 spiro atoms. The average Bonchev–Trinajstić information content (AvgIpc) is 3.26. The van der Waals surface area contributed by atoms with Crippen molar-refractivity contribution >= 4 is 17.4 Å². The van der Waals surface area contributed by atoms with Crippen molar-refractivity contribution in [3.8, 4) is 10.9 Å². The average molecular weight is 453 g/mol. The van der Waals surface area contributed by atoms with Gasteiger partial charge < -0.3 is 14.8 Å². The van der Waals surface area contributed by atoms with Crippen molar-refractivity contribution in [1.82, 2.24) is 19.6 Å². The summed E-state index contributed by atoms with van der Waals surface area (Å²) in [5.41, 5.74) is 2.75. The van der Waals surface area contributed by atoms with Crippen molar-refractivity contribution in [2.45, 2.75) is 26.3 Å². The predicted octanol–water partition coefficient (Wildman–Crippen LogP) is 3.89. The smallest absolute Gasteiger partial charge is 0.298 e. The van der Waals surface area contributed by atoms with Crippen molar-refractivity contribution < 1.29 is 14.3 Å². The molecule has 2 heterocycles. The Morgan fingerprint density at radius 1 is 1.19 bits per heavy atom. The number of rotatable bonds is 9. The highest BCUT2D eigenvalue weighted by molar-refractivity contribution is 7.07. The van der Waals surface area contributed by atoms with Gasteiger partial charge in [0.1, 0.15) is 5.75 Å². The highest BCUT2D eigenvalue weighted by Gasteiger charge is 2.17. The SMILES string of the molecule is CCCNC(=O)c1ccc(Oc2nc(Cc3ccccc3)ns2)c(CN2CCOCC2)c1. The van der Waals surface area contributed by atoms with E-state index >= 15 is 0 Å². The van der Waals surface area contributed by atoms with Crippen molar-refractivity contribution in [1.29, 1.82) is 0 Å². The fourth-order valence-electron chi connectivity index (χ4n) is 3.51. The van der Waals surface area contributed by atoms with Gasteiger partial charge in [-0.05, 0) is 30.2 Å². The maximum atomic E-state index is 12.5. The Bertz CT molecular complexity index is 1020. The Labute approximate surface area is 192 Å². The number of nitrogens with zero attached hydrogens (tertiary/aromatic N) is 3. The van der Waals surface area contributed by atoms with Crippen molar-refractivity contribution in [2.75, 3.05) is 32.8 Å². The van der Waals surface area contributed by atoms with E-state index in [0.717, 1.165) is 36.5 Å². The molecule has 168 valence electrons. The second kappa shape index (κ2) is 11.2. The standard InChI is InChI=1S/C24H28N4O3S/c1-2-10-25-23(29)19-8-9-21(20(16-19)17-28-11-13-30-14-12-28)31-24-26-22(27-32-24)15-18-6-4-3-5-7-18/h3-9,16H,2,10-15,17H2,1H3,(H,25,29). The Morgan fingerprint density at radius 2 is 2.00 bits per heavy atom. The highest BCUT2D eigenvalue weighted by Crippen LogP contribution is 2.29. The van der Waals surface area contributed by atoms with Crippen molar-refractivity contribution in [2.24, 2.45) is 0 Å². The molecule has 1 aliphatic heterocycles. The van der Waals surface area contributed by atoms with Crippen LogP contribution >= 0.6 is 11.5 Å². The van der Waals surface area contributed by atoms with Gasteiger partial charge in [-0.25, -0.2) is 0 Å². The van der Waals surface area contributed by atoms with Gasteiger partial charge in [0.05, 0.1) is 13.2 Å². The van der Waals surface area contributed by atoms with Gasteiger partial charge in [0.25, 0.3) is 11.1 Å². The first-order chi connectivity index (χ1) is 15.7. The molecule has 0 bridgehead atoms. The van der Waals surface area contributed by atoms with E-state index in [1.165, 1.54) is 11.5 Å². The zero-order chi connectivity index (χ0) is 22.2. The van der Waals surface area contributed by atoms with Gasteiger partial charge in [-0.15, -0.1) is 0 Å². The van der Waals surface area contributed by atoms with E-state index in [1.807, 2.05) is 37.3 Å². The first kappa shape index (κ1) is 22.4. The molecule has 8 heteroatoms. The Balaban J connectivity index is 1.51. The van der Waals surface area contributed by atoms with Crippen LogP contribution < -0.4 is 10.1 Å². The molecule has 3 aromatic rings. The van der Waals surface area contributed by atoms with Gasteiger partial charge >= 0.3 is 0 Å². The fraction of sp³-hybridized carbons (Fsp3) is 0.375. The second-order valence-electron chi connectivity index (χ2n) is 7.71. The lowest BCUT2D eigenvalue weighted by Gasteiger charge is -2.27. The number of benzene rings is 2. The number of hydrogen-bond acceptors (Lipinski definition) is 7. The van der Waals surface area contributed by atoms with Crippen LogP contribution in [-0.2, 0) is 17.7 Å². The van der Waals surface area contributed by atoms with Gasteiger partial charge in [-0.2, -0.15) is 9.36 Å². The van der Waals surface area contributed by atoms with Crippen LogP contribution in [0.1, 0.15) is 40.7 Å². The molecule has 2 aromatic carbocycles. The number of hydrogen-bond donors (Lipinski definition) is 1. The Morgan fingerprint density at radius 3 is 2.78 bits per heavy atom. The molecule has 1 aliphatic rings. The summed E-state index contributed by atoms with van der Waals surface area (Å²) in [5.74, 6) is 1.37. The normalized spacial score (nSPS) is 14.3. The quantitative estimate of drug-likeness (QED) is 0.531. The Kier molecular flexibility index (Phi) is 7.82. The van der Waals surface area contributed by atoms with E-state index in [4.69, 9.17) is 9.47 Å². The van der Waals surface area contributed by atoms with Crippen LogP contribution in [0.2, 0.25) is 0 Å². The molecule has 1 N–H and O–H groups in total. The lowest BCUT2D eigenvalue weighted by atomic mass is 10.1. The zero-order valence-electron chi connectivity index (χ0n) is 18.3. The van der Waals surface area contributed by atoms with Gasteiger partial charge in [0, 0.05) is 55.3 Å². The summed E-state index contributed by atoms with van der Waals surface area (Å²) in [5, 5.41) is 3.44. The maximum absolute atomic E-state index is 12.5. The minimum Gasteiger partial charge on any atom is -0.430 e. The van der Waals surface area contributed by atoms with Crippen LogP contribution in [0.4, 0.5) is 0 Å². The molecule has 0 aliphatic carbocycles. The predicted molar refractivity (Wildman–Crippen MR) is 124 cm³/mol. The van der Waals surface area contributed by atoms with Gasteiger partial charge in [0.2, 0.25) is 0 Å². The summed E-state index contributed by atoms with van der Waals surface area (Å²) in [6, 6.07) is 15.7. The summed E-state index contributed by atoms with van der Waals surface area (Å²) >= 11 is 1.24. The first-order valence-corrected chi connectivity index (χ1v) is 11.7. The van der Waals surface area contributed by atoms with E-state index in [0.29, 0.717) is 49.2 Å². The van der Waals surface area contributed by atoms with Crippen LogP contribution in [0.5, 0.6) is 10.9 Å². The molecule has 0 unspecified atom stereocenters. The third-order valence-electron chi connectivity index (χ3n) is 5.21. The van der Waals surface area contributed by atoms with Crippen LogP contribution in [0.3, 0.4) is 0 Å². The van der Waals surface area contributed by atoms with Gasteiger partial charge in [0.15, 0.2) is 5.82 Å². The number of nitrogens with one attached hydrogen (secondary N) is 1. The molecular formula is C24H28N4O3S. The molecular weight excluding hydrogens is 424 g/mol. The Hall–Kier alpha value is -2.81. The molecule has 0 saturated carbocycles. The maximum Gasteiger partial charge on any atom is 0.298 e. The minimum atomic E-state index is -0.0670. The van der Waals surface area contributed by atoms with E-state index in [9.17, 15) is 4.79 Å². The summed E-state index contributed by atoms with van der Waals surface area (Å²) < 4.78 is 16.1. The molecule has 4 rings (SSSR count). The topological polar surface area (TPSA) is 76.6 Å². The summed E-state index contributed by atoms with van der Waals surface area (Å²) in [4.78, 5) is 19.4. The van der Waals surface area contributed by atoms with Crippen molar-refractivity contribution in [3.05, 3.63) is 71.0 Å². The molecule has 32 heavy (non-hydrogen) atoms. The molecule has 0 atom stereocenters. The lowest BCUT2D eigenvalue weighted by Crippen LogP contribution is -2.35. The lowest BCUT2D eigenvalue weighted by molar-refractivity contribution is 0.0339. The molecule has 1 amide bonds. The number of carbonyl (C=O) groups excluding carboxylic acids is 1. The highest BCUT2D eigenvalue weighted by atomic mass is 32.1. The third kappa shape index (κ3) is 6.12. The van der Waals surface area contributed by atoms with Crippen LogP contribution in [-0.4, -0.2) is 53.0 Å². The van der Waals surface area contributed by atoms with E-state index in [-0.39, 0.29) is 5.91 Å². The minimum absolute atomic E-state index is 0.0670. The van der Waals surface area contributed by atoms with E-state index in [1.54, 1.807) is 6.07 Å². The van der Waals surface area contributed by atoms with Crippen LogP contribution in [0, 0.1) is 0 Å².